The highest BCUT2D eigenvalue weighted by molar-refractivity contribution is 8.26. The third-order valence-corrected chi connectivity index (χ3v) is 6.75. The minimum absolute atomic E-state index is 0.137. The molecule has 4 rings (SSSR count). The van der Waals surface area contributed by atoms with Crippen molar-refractivity contribution in [2.24, 2.45) is 0 Å². The molecule has 186 valence electrons. The number of para-hydroxylation sites is 1. The van der Waals surface area contributed by atoms with Crippen molar-refractivity contribution in [2.75, 3.05) is 26.9 Å². The summed E-state index contributed by atoms with van der Waals surface area (Å²) in [5.74, 6) is 0.0336. The van der Waals surface area contributed by atoms with E-state index in [-0.39, 0.29) is 17.3 Å². The number of rotatable bonds is 10. The van der Waals surface area contributed by atoms with Gasteiger partial charge in [0.25, 0.3) is 5.91 Å². The van der Waals surface area contributed by atoms with Gasteiger partial charge >= 0.3 is 5.69 Å². The lowest BCUT2D eigenvalue weighted by Gasteiger charge is -2.13. The Hall–Kier alpha value is -3.54. The van der Waals surface area contributed by atoms with Crippen LogP contribution in [0.25, 0.3) is 23.0 Å². The Kier molecular flexibility index (Phi) is 8.14. The van der Waals surface area contributed by atoms with Crippen molar-refractivity contribution in [3.63, 3.8) is 0 Å². The summed E-state index contributed by atoms with van der Waals surface area (Å²) >= 11 is 6.67. The number of carbonyl (C=O) groups excluding carboxylic acids is 1. The summed E-state index contributed by atoms with van der Waals surface area (Å²) in [5.41, 5.74) is 2.37. The molecule has 3 aromatic rings. The van der Waals surface area contributed by atoms with E-state index in [0.29, 0.717) is 52.4 Å². The van der Waals surface area contributed by atoms with E-state index >= 15 is 0 Å². The van der Waals surface area contributed by atoms with Crippen molar-refractivity contribution in [3.8, 4) is 22.7 Å². The van der Waals surface area contributed by atoms with E-state index < -0.39 is 4.92 Å². The Morgan fingerprint density at radius 1 is 1.19 bits per heavy atom. The smallest absolute Gasteiger partial charge is 0.311 e. The highest BCUT2D eigenvalue weighted by atomic mass is 32.2. The maximum atomic E-state index is 13.0. The van der Waals surface area contributed by atoms with E-state index in [0.717, 1.165) is 5.69 Å². The number of ether oxygens (including phenoxy) is 2. The summed E-state index contributed by atoms with van der Waals surface area (Å²) in [7, 11) is 1.62. The fourth-order valence-corrected chi connectivity index (χ4v) is 5.00. The molecule has 11 heteroatoms. The Morgan fingerprint density at radius 3 is 2.67 bits per heavy atom. The summed E-state index contributed by atoms with van der Waals surface area (Å²) in [6.07, 6.45) is 2.43. The first-order valence-corrected chi connectivity index (χ1v) is 12.5. The number of thioether (sulfide) groups is 1. The summed E-state index contributed by atoms with van der Waals surface area (Å²) in [5, 5.41) is 16.3. The zero-order valence-electron chi connectivity index (χ0n) is 19.7. The fourth-order valence-electron chi connectivity index (χ4n) is 3.71. The van der Waals surface area contributed by atoms with Crippen LogP contribution < -0.4 is 4.74 Å². The molecular formula is C25H24N4O5S2. The van der Waals surface area contributed by atoms with Crippen molar-refractivity contribution in [1.82, 2.24) is 14.7 Å². The molecule has 1 amide bonds. The first kappa shape index (κ1) is 25.5. The molecule has 1 fully saturated rings. The number of amides is 1. The second kappa shape index (κ2) is 11.5. The van der Waals surface area contributed by atoms with Gasteiger partial charge in [0.15, 0.2) is 5.75 Å². The summed E-state index contributed by atoms with van der Waals surface area (Å²) in [4.78, 5) is 26.3. The maximum Gasteiger partial charge on any atom is 0.311 e. The number of nitrogens with zero attached hydrogens (tertiary/aromatic N) is 4. The molecule has 2 heterocycles. The summed E-state index contributed by atoms with van der Waals surface area (Å²) in [6.45, 7) is 3.10. The molecular weight excluding hydrogens is 500 g/mol. The van der Waals surface area contributed by atoms with Gasteiger partial charge in [0.2, 0.25) is 0 Å². The van der Waals surface area contributed by atoms with E-state index in [1.165, 1.54) is 17.8 Å². The zero-order chi connectivity index (χ0) is 25.7. The van der Waals surface area contributed by atoms with Crippen molar-refractivity contribution in [3.05, 3.63) is 75.3 Å². The number of nitro benzene ring substituents is 1. The van der Waals surface area contributed by atoms with Crippen LogP contribution in [0.3, 0.4) is 0 Å². The molecule has 2 aromatic carbocycles. The van der Waals surface area contributed by atoms with Crippen LogP contribution in [-0.4, -0.2) is 56.7 Å². The number of hydrogen-bond donors (Lipinski definition) is 0. The van der Waals surface area contributed by atoms with Crippen LogP contribution >= 0.6 is 24.0 Å². The molecule has 0 radical (unpaired) electrons. The van der Waals surface area contributed by atoms with Crippen LogP contribution in [0.15, 0.2) is 59.5 Å². The van der Waals surface area contributed by atoms with Gasteiger partial charge in [-0.15, -0.1) is 0 Å². The Morgan fingerprint density at radius 2 is 1.97 bits per heavy atom. The molecule has 0 bridgehead atoms. The third kappa shape index (κ3) is 5.48. The van der Waals surface area contributed by atoms with Gasteiger partial charge in [-0.3, -0.25) is 19.8 Å². The van der Waals surface area contributed by atoms with Crippen LogP contribution in [0, 0.1) is 10.1 Å². The molecule has 0 aliphatic carbocycles. The third-order valence-electron chi connectivity index (χ3n) is 5.37. The van der Waals surface area contributed by atoms with Gasteiger partial charge in [-0.2, -0.15) is 5.10 Å². The number of benzene rings is 2. The molecule has 1 aliphatic heterocycles. The van der Waals surface area contributed by atoms with Gasteiger partial charge in [0.1, 0.15) is 4.32 Å². The Balaban J connectivity index is 1.75. The molecule has 1 aliphatic rings. The Bertz CT molecular complexity index is 1320. The highest BCUT2D eigenvalue weighted by Crippen LogP contribution is 2.35. The van der Waals surface area contributed by atoms with Crippen molar-refractivity contribution in [2.45, 2.75) is 13.3 Å². The summed E-state index contributed by atoms with van der Waals surface area (Å²) in [6, 6.07) is 16.0. The minimum Gasteiger partial charge on any atom is -0.487 e. The molecule has 9 nitrogen and oxygen atoms in total. The fraction of sp³-hybridized carbons (Fsp3) is 0.240. The maximum absolute atomic E-state index is 13.0. The van der Waals surface area contributed by atoms with Gasteiger partial charge < -0.3 is 9.47 Å². The number of aromatic nitrogens is 2. The first-order chi connectivity index (χ1) is 17.4. The number of hydrogen-bond acceptors (Lipinski definition) is 8. The molecule has 0 N–H and O–H groups in total. The standard InChI is InChI=1S/C25H24N4O5S2/c1-3-34-22-11-10-17(14-21(22)29(31)32)20-15-19(28(26-20)18-8-5-4-6-9-18)16-23-24(30)27(25(35)36-23)12-7-13-33-2/h4-6,8-11,14-16H,3,7,12-13H2,1-2H3/b23-16-. The van der Waals surface area contributed by atoms with E-state index in [1.807, 2.05) is 30.3 Å². The topological polar surface area (TPSA) is 99.7 Å². The lowest BCUT2D eigenvalue weighted by Crippen LogP contribution is -2.29. The predicted molar refractivity (Wildman–Crippen MR) is 143 cm³/mol. The van der Waals surface area contributed by atoms with Gasteiger partial charge in [-0.25, -0.2) is 4.68 Å². The normalized spacial score (nSPS) is 14.6. The second-order valence-electron chi connectivity index (χ2n) is 7.75. The van der Waals surface area contributed by atoms with E-state index in [9.17, 15) is 14.9 Å². The van der Waals surface area contributed by atoms with Crippen molar-refractivity contribution < 1.29 is 19.2 Å². The largest absolute Gasteiger partial charge is 0.487 e. The quantitative estimate of drug-likeness (QED) is 0.119. The lowest BCUT2D eigenvalue weighted by molar-refractivity contribution is -0.385. The Labute approximate surface area is 217 Å². The van der Waals surface area contributed by atoms with Crippen LogP contribution in [0.5, 0.6) is 5.75 Å². The monoisotopic (exact) mass is 524 g/mol. The molecule has 1 saturated heterocycles. The summed E-state index contributed by atoms with van der Waals surface area (Å²) < 4.78 is 12.7. The van der Waals surface area contributed by atoms with Crippen LogP contribution in [-0.2, 0) is 9.53 Å². The highest BCUT2D eigenvalue weighted by Gasteiger charge is 2.32. The van der Waals surface area contributed by atoms with Crippen LogP contribution in [0.2, 0.25) is 0 Å². The van der Waals surface area contributed by atoms with Gasteiger partial charge in [0.05, 0.1) is 33.5 Å². The van der Waals surface area contributed by atoms with Crippen molar-refractivity contribution in [1.29, 1.82) is 0 Å². The van der Waals surface area contributed by atoms with Gasteiger partial charge in [-0.05, 0) is 49.8 Å². The number of nitro groups is 1. The van der Waals surface area contributed by atoms with E-state index in [2.05, 4.69) is 0 Å². The average Bonchev–Trinajstić information content (AvgIpc) is 3.41. The number of carbonyl (C=O) groups is 1. The molecule has 0 unspecified atom stereocenters. The minimum atomic E-state index is -0.474. The second-order valence-corrected chi connectivity index (χ2v) is 9.43. The molecule has 36 heavy (non-hydrogen) atoms. The average molecular weight is 525 g/mol. The molecule has 0 spiro atoms. The van der Waals surface area contributed by atoms with Gasteiger partial charge in [-0.1, -0.05) is 42.2 Å². The number of thiocarbonyl (C=S) groups is 1. The van der Waals surface area contributed by atoms with Crippen molar-refractivity contribution >= 4 is 46.0 Å². The zero-order valence-corrected chi connectivity index (χ0v) is 21.4. The van der Waals surface area contributed by atoms with Gasteiger partial charge in [0, 0.05) is 31.9 Å². The van der Waals surface area contributed by atoms with E-state index in [1.54, 1.807) is 47.9 Å². The van der Waals surface area contributed by atoms with E-state index in [4.69, 9.17) is 26.8 Å². The first-order valence-electron chi connectivity index (χ1n) is 11.2. The molecule has 1 aromatic heterocycles. The predicted octanol–water partition coefficient (Wildman–Crippen LogP) is 5.08. The number of methoxy groups -OCH3 is 1. The SMILES string of the molecule is CCOc1ccc(-c2cc(/C=C3\SC(=S)N(CCCOC)C3=O)n(-c3ccccc3)n2)cc1[N+](=O)[O-]. The van der Waals surface area contributed by atoms with Crippen LogP contribution in [0.1, 0.15) is 19.0 Å². The molecule has 0 atom stereocenters. The molecule has 0 saturated carbocycles. The lowest BCUT2D eigenvalue weighted by atomic mass is 10.1. The van der Waals surface area contributed by atoms with Crippen LogP contribution in [0.4, 0.5) is 5.69 Å².